The molecule has 47 heavy (non-hydrogen) atoms. The predicted molar refractivity (Wildman–Crippen MR) is 158 cm³/mol. The van der Waals surface area contributed by atoms with E-state index in [9.17, 15) is 46.5 Å². The Morgan fingerprint density at radius 3 is 2.38 bits per heavy atom. The molecule has 1 amide bonds. The second-order valence-corrected chi connectivity index (χ2v) is 10.6. The highest BCUT2D eigenvalue weighted by Crippen LogP contribution is 2.33. The molecule has 0 spiro atoms. The maximum Gasteiger partial charge on any atom is 0.493 e. The molecule has 0 fully saturated rings. The summed E-state index contributed by atoms with van der Waals surface area (Å²) in [4.78, 5) is 55.2. The summed E-state index contributed by atoms with van der Waals surface area (Å²) in [5.41, 5.74) is -1.72. The highest BCUT2D eigenvalue weighted by molar-refractivity contribution is 7.13. The van der Waals surface area contributed by atoms with Gasteiger partial charge in [-0.05, 0) is 42.8 Å². The molecule has 0 aliphatic rings. The van der Waals surface area contributed by atoms with Gasteiger partial charge in [0.15, 0.2) is 5.65 Å². The van der Waals surface area contributed by atoms with Crippen LogP contribution in [-0.4, -0.2) is 67.0 Å². The highest BCUT2D eigenvalue weighted by Gasteiger charge is 2.44. The van der Waals surface area contributed by atoms with Crippen molar-refractivity contribution in [2.45, 2.75) is 19.1 Å². The molecule has 3 N–H and O–H groups in total. The Bertz CT molecular complexity index is 2010. The second kappa shape index (κ2) is 13.2. The molecule has 244 valence electrons. The number of benzene rings is 2. The molecule has 3 heterocycles. The van der Waals surface area contributed by atoms with Gasteiger partial charge in [0.25, 0.3) is 11.5 Å². The molecular weight excluding hydrogens is 655 g/mol. The molecule has 0 bridgehead atoms. The molecule has 5 aromatic rings. The fraction of sp³-hybridized carbons (Fsp3) is 0.172. The largest absolute Gasteiger partial charge is 0.493 e. The van der Waals surface area contributed by atoms with Gasteiger partial charge in [0, 0.05) is 34.2 Å². The Hall–Kier alpha value is -5.33. The van der Waals surface area contributed by atoms with Gasteiger partial charge in [0.05, 0.1) is 24.9 Å². The van der Waals surface area contributed by atoms with Crippen molar-refractivity contribution in [3.05, 3.63) is 93.2 Å². The first-order valence-electron chi connectivity index (χ1n) is 13.3. The van der Waals surface area contributed by atoms with Crippen molar-refractivity contribution in [1.29, 1.82) is 0 Å². The zero-order chi connectivity index (χ0) is 34.0. The number of halogens is 5. The van der Waals surface area contributed by atoms with Gasteiger partial charge in [-0.15, -0.1) is 16.4 Å². The first kappa shape index (κ1) is 33.0. The predicted octanol–water partition coefficient (Wildman–Crippen LogP) is 3.92. The van der Waals surface area contributed by atoms with E-state index in [0.717, 1.165) is 24.3 Å². The van der Waals surface area contributed by atoms with Crippen LogP contribution in [0.15, 0.2) is 64.9 Å². The van der Waals surface area contributed by atoms with Crippen molar-refractivity contribution in [3.63, 3.8) is 0 Å². The minimum atomic E-state index is -5.44. The van der Waals surface area contributed by atoms with Crippen LogP contribution in [0, 0.1) is 18.6 Å². The number of rotatable bonds is 8. The van der Waals surface area contributed by atoms with Gasteiger partial charge in [-0.3, -0.25) is 14.2 Å². The molecule has 3 aromatic heterocycles. The number of hydrogen-bond donors (Lipinski definition) is 3. The van der Waals surface area contributed by atoms with E-state index in [-0.39, 0.29) is 44.0 Å². The van der Waals surface area contributed by atoms with E-state index < -0.39 is 60.2 Å². The topological polar surface area (TPSA) is 160 Å². The Morgan fingerprint density at radius 2 is 1.77 bits per heavy atom. The van der Waals surface area contributed by atoms with E-state index in [1.54, 1.807) is 6.92 Å². The van der Waals surface area contributed by atoms with Gasteiger partial charge in [0.1, 0.15) is 17.3 Å². The molecule has 18 heteroatoms. The number of carbonyl (C=O) groups is 2. The zero-order valence-corrected chi connectivity index (χ0v) is 24.6. The van der Waals surface area contributed by atoms with Gasteiger partial charge in [-0.25, -0.2) is 23.5 Å². The molecule has 2 aromatic carbocycles. The lowest BCUT2D eigenvalue weighted by atomic mass is 9.99. The third-order valence-electron chi connectivity index (χ3n) is 6.61. The lowest BCUT2D eigenvalue weighted by Crippen LogP contribution is -2.38. The molecular formula is C29H21F5N6O6S. The molecule has 0 unspecified atom stereocenters. The Balaban J connectivity index is 1.74. The van der Waals surface area contributed by atoms with Gasteiger partial charge >= 0.3 is 12.1 Å². The SMILES string of the molecule is Cc1ccc(C(=O)N(OC(=O)C(F)(F)F)c2nccs2)cc1-c1nc(NC(CO)CO)nc2c1ccc(=O)n2-c1c(F)cccc1F. The van der Waals surface area contributed by atoms with Crippen LogP contribution >= 0.6 is 11.3 Å². The maximum absolute atomic E-state index is 15.0. The van der Waals surface area contributed by atoms with Crippen molar-refractivity contribution in [3.8, 4) is 16.9 Å². The van der Waals surface area contributed by atoms with E-state index in [0.29, 0.717) is 21.5 Å². The number of thiazole rings is 1. The number of nitrogens with zero attached hydrogens (tertiary/aromatic N) is 5. The van der Waals surface area contributed by atoms with Crippen LogP contribution in [0.1, 0.15) is 15.9 Å². The molecule has 0 radical (unpaired) electrons. The van der Waals surface area contributed by atoms with Crippen LogP contribution in [0.2, 0.25) is 0 Å². The number of pyridine rings is 1. The summed E-state index contributed by atoms with van der Waals surface area (Å²) in [6, 6.07) is 8.06. The van der Waals surface area contributed by atoms with Crippen molar-refractivity contribution >= 4 is 45.3 Å². The number of carbonyl (C=O) groups excluding carboxylic acids is 2. The number of aliphatic hydroxyl groups is 2. The van der Waals surface area contributed by atoms with Crippen LogP contribution in [0.25, 0.3) is 28.0 Å². The second-order valence-electron chi connectivity index (χ2n) is 9.74. The summed E-state index contributed by atoms with van der Waals surface area (Å²) in [7, 11) is 0. The summed E-state index contributed by atoms with van der Waals surface area (Å²) in [6.45, 7) is 0.399. The first-order chi connectivity index (χ1) is 22.3. The van der Waals surface area contributed by atoms with Gasteiger partial charge in [-0.1, -0.05) is 12.1 Å². The van der Waals surface area contributed by atoms with Crippen molar-refractivity contribution in [2.75, 3.05) is 23.6 Å². The fourth-order valence-corrected chi connectivity index (χ4v) is 4.96. The van der Waals surface area contributed by atoms with Crippen molar-refractivity contribution < 1.29 is 46.6 Å². The third-order valence-corrected chi connectivity index (χ3v) is 7.35. The summed E-state index contributed by atoms with van der Waals surface area (Å²) in [6.07, 6.45) is -4.26. The number of hydroxylamine groups is 1. The summed E-state index contributed by atoms with van der Waals surface area (Å²) < 4.78 is 69.8. The number of hydrogen-bond acceptors (Lipinski definition) is 11. The van der Waals surface area contributed by atoms with Crippen LogP contribution in [-0.2, 0) is 9.63 Å². The van der Waals surface area contributed by atoms with Gasteiger partial charge in [0.2, 0.25) is 11.1 Å². The lowest BCUT2D eigenvalue weighted by molar-refractivity contribution is -0.199. The number of aliphatic hydroxyl groups excluding tert-OH is 2. The van der Waals surface area contributed by atoms with E-state index >= 15 is 0 Å². The number of fused-ring (bicyclic) bond motifs is 1. The summed E-state index contributed by atoms with van der Waals surface area (Å²) >= 11 is 0.713. The standard InChI is InChI=1S/C29H21F5N6O6S/c1-14-5-6-15(25(44)40(28-35-9-10-47-28)46-26(45)29(32,33)34)11-18(14)22-17-7-8-21(43)39(23-19(30)3-2-4-20(23)31)24(17)38-27(37-22)36-16(12-41)13-42/h2-11,16,41-42H,12-13H2,1H3,(H,36,37,38). The minimum absolute atomic E-state index is 0.0298. The van der Waals surface area contributed by atoms with E-state index in [1.807, 2.05) is 0 Å². The zero-order valence-electron chi connectivity index (χ0n) is 23.8. The first-order valence-corrected chi connectivity index (χ1v) is 14.2. The average Bonchev–Trinajstić information content (AvgIpc) is 3.57. The molecule has 0 atom stereocenters. The highest BCUT2D eigenvalue weighted by atomic mass is 32.1. The molecule has 0 saturated heterocycles. The third kappa shape index (κ3) is 6.64. The quantitative estimate of drug-likeness (QED) is 0.162. The van der Waals surface area contributed by atoms with Crippen LogP contribution in [0.3, 0.4) is 0 Å². The molecule has 12 nitrogen and oxygen atoms in total. The summed E-state index contributed by atoms with van der Waals surface area (Å²) in [5.74, 6) is -6.40. The number of para-hydroxylation sites is 1. The van der Waals surface area contributed by atoms with Crippen molar-refractivity contribution in [1.82, 2.24) is 19.5 Å². The van der Waals surface area contributed by atoms with E-state index in [1.165, 1.54) is 35.8 Å². The number of amides is 1. The van der Waals surface area contributed by atoms with Crippen molar-refractivity contribution in [2.24, 2.45) is 0 Å². The normalized spacial score (nSPS) is 11.6. The fourth-order valence-electron chi connectivity index (χ4n) is 4.38. The van der Waals surface area contributed by atoms with E-state index in [4.69, 9.17) is 0 Å². The smallest absolute Gasteiger partial charge is 0.394 e. The monoisotopic (exact) mass is 676 g/mol. The minimum Gasteiger partial charge on any atom is -0.394 e. The molecule has 0 aliphatic heterocycles. The number of nitrogens with one attached hydrogen (secondary N) is 1. The number of anilines is 2. The number of aromatic nitrogens is 4. The lowest BCUT2D eigenvalue weighted by Gasteiger charge is -2.20. The van der Waals surface area contributed by atoms with Crippen LogP contribution < -0.4 is 15.9 Å². The Morgan fingerprint density at radius 1 is 1.06 bits per heavy atom. The van der Waals surface area contributed by atoms with Gasteiger partial charge < -0.3 is 20.4 Å². The summed E-state index contributed by atoms with van der Waals surface area (Å²) in [5, 5.41) is 23.0. The van der Waals surface area contributed by atoms with Gasteiger partial charge in [-0.2, -0.15) is 18.2 Å². The number of aryl methyl sites for hydroxylation is 1. The van der Waals surface area contributed by atoms with Crippen LogP contribution in [0.5, 0.6) is 0 Å². The maximum atomic E-state index is 15.0. The molecule has 0 aliphatic carbocycles. The average molecular weight is 677 g/mol. The molecule has 5 rings (SSSR count). The number of alkyl halides is 3. The van der Waals surface area contributed by atoms with E-state index in [2.05, 4.69) is 25.1 Å². The van der Waals surface area contributed by atoms with Crippen LogP contribution in [0.4, 0.5) is 33.0 Å². The Kier molecular flexibility index (Phi) is 9.27. The Labute approximate surface area is 264 Å². The molecule has 0 saturated carbocycles.